The van der Waals surface area contributed by atoms with Crippen molar-refractivity contribution in [3.05, 3.63) is 48.4 Å². The number of likely N-dealkylation sites (tertiary alicyclic amines) is 1. The Morgan fingerprint density at radius 1 is 1.03 bits per heavy atom. The molecule has 0 radical (unpaired) electrons. The number of nitrogens with zero attached hydrogens (tertiary/aromatic N) is 8. The number of tetrazole rings is 1. The first-order valence-corrected chi connectivity index (χ1v) is 12.4. The lowest BCUT2D eigenvalue weighted by Crippen LogP contribution is -2.30. The molecule has 10 nitrogen and oxygen atoms in total. The van der Waals surface area contributed by atoms with Crippen molar-refractivity contribution < 1.29 is 13.5 Å². The van der Waals surface area contributed by atoms with Crippen molar-refractivity contribution in [2.24, 2.45) is 7.05 Å². The number of hydrogen-bond donors (Lipinski definition) is 1. The minimum atomic E-state index is -1.12. The molecule has 0 spiro atoms. The van der Waals surface area contributed by atoms with Gasteiger partial charge in [-0.05, 0) is 73.9 Å². The summed E-state index contributed by atoms with van der Waals surface area (Å²) in [7, 11) is 1.80. The lowest BCUT2D eigenvalue weighted by Gasteiger charge is -2.26. The third kappa shape index (κ3) is 5.43. The number of pyridine rings is 1. The Kier molecular flexibility index (Phi) is 7.35. The Balaban J connectivity index is 1.31. The zero-order chi connectivity index (χ0) is 25.8. The summed E-state index contributed by atoms with van der Waals surface area (Å²) in [6.07, 6.45) is 10.6. The molecule has 1 aromatic carbocycles. The molecule has 5 rings (SSSR count). The van der Waals surface area contributed by atoms with Crippen LogP contribution in [0.25, 0.3) is 28.2 Å². The number of anilines is 1. The molecule has 1 aliphatic heterocycles. The van der Waals surface area contributed by atoms with Crippen LogP contribution < -0.4 is 10.5 Å². The number of unbranched alkanes of at least 4 members (excludes halogenated alkanes) is 1. The first-order chi connectivity index (χ1) is 18.0. The van der Waals surface area contributed by atoms with Crippen molar-refractivity contribution >= 4 is 5.82 Å². The first-order valence-electron chi connectivity index (χ1n) is 12.4. The van der Waals surface area contributed by atoms with Gasteiger partial charge in [-0.2, -0.15) is 14.2 Å². The average Bonchev–Trinajstić information content (AvgIpc) is 3.57. The topological polar surface area (TPSA) is 113 Å². The summed E-state index contributed by atoms with van der Waals surface area (Å²) in [4.78, 5) is 6.67. The van der Waals surface area contributed by atoms with Crippen LogP contribution in [0.4, 0.5) is 14.6 Å². The summed E-state index contributed by atoms with van der Waals surface area (Å²) in [5.74, 6) is -2.08. The number of benzene rings is 1. The zero-order valence-corrected chi connectivity index (χ0v) is 20.6. The zero-order valence-electron chi connectivity index (χ0n) is 20.6. The van der Waals surface area contributed by atoms with E-state index in [1.807, 2.05) is 6.20 Å². The Morgan fingerprint density at radius 2 is 1.86 bits per heavy atom. The fourth-order valence-electron chi connectivity index (χ4n) is 4.50. The van der Waals surface area contributed by atoms with Gasteiger partial charge in [0.2, 0.25) is 5.82 Å². The largest absolute Gasteiger partial charge is 0.490 e. The van der Waals surface area contributed by atoms with E-state index in [1.54, 1.807) is 30.2 Å². The van der Waals surface area contributed by atoms with Crippen LogP contribution in [0.3, 0.4) is 0 Å². The third-order valence-corrected chi connectivity index (χ3v) is 6.50. The number of nitrogens with two attached hydrogens (primary N) is 1. The maximum Gasteiger partial charge on any atom is 0.202 e. The van der Waals surface area contributed by atoms with E-state index in [2.05, 4.69) is 30.5 Å². The molecular formula is C25H29F2N9O. The predicted molar refractivity (Wildman–Crippen MR) is 134 cm³/mol. The highest BCUT2D eigenvalue weighted by molar-refractivity contribution is 5.76. The van der Waals surface area contributed by atoms with E-state index in [9.17, 15) is 4.39 Å². The number of piperidine rings is 1. The predicted octanol–water partition coefficient (Wildman–Crippen LogP) is 3.63. The molecule has 1 saturated heterocycles. The van der Waals surface area contributed by atoms with Gasteiger partial charge in [0.1, 0.15) is 11.5 Å². The molecule has 3 aromatic heterocycles. The van der Waals surface area contributed by atoms with Crippen molar-refractivity contribution in [1.82, 2.24) is 39.9 Å². The van der Waals surface area contributed by atoms with Crippen molar-refractivity contribution in [3.63, 3.8) is 0 Å². The summed E-state index contributed by atoms with van der Waals surface area (Å²) < 4.78 is 38.4. The normalized spacial score (nSPS) is 14.2. The number of aryl methyl sites for hydroxylation is 1. The molecule has 0 atom stereocenters. The number of hydrogen-bond acceptors (Lipinski definition) is 8. The van der Waals surface area contributed by atoms with Gasteiger partial charge < -0.3 is 15.4 Å². The van der Waals surface area contributed by atoms with Gasteiger partial charge in [-0.3, -0.25) is 4.68 Å². The van der Waals surface area contributed by atoms with Gasteiger partial charge in [-0.15, -0.1) is 5.10 Å². The summed E-state index contributed by atoms with van der Waals surface area (Å²) in [6, 6.07) is 4.50. The maximum absolute atomic E-state index is 15.2. The molecule has 0 bridgehead atoms. The second-order valence-corrected chi connectivity index (χ2v) is 9.14. The lowest BCUT2D eigenvalue weighted by atomic mass is 10.1. The fraction of sp³-hybridized carbons (Fsp3) is 0.400. The standard InChI is InChI=1S/C25H29F2N9O/c1-34-16-18(15-30-34)17-13-19(24(28)29-14-17)25-31-32-33-36(25)20-7-8-21(23(27)22(20)26)37-12-6-5-11-35-9-3-2-4-10-35/h7-8,13-16H,2-6,9-12H2,1H3,(H2,28,29). The number of nitrogen functional groups attached to an aromatic ring is 1. The molecular weight excluding hydrogens is 480 g/mol. The molecule has 1 fully saturated rings. The van der Waals surface area contributed by atoms with Gasteiger partial charge in [0.15, 0.2) is 17.4 Å². The minimum absolute atomic E-state index is 0.125. The van der Waals surface area contributed by atoms with E-state index in [1.165, 1.54) is 31.4 Å². The van der Waals surface area contributed by atoms with Crippen molar-refractivity contribution in [1.29, 1.82) is 0 Å². The molecule has 4 aromatic rings. The number of ether oxygens (including phenoxy) is 1. The molecule has 0 amide bonds. The van der Waals surface area contributed by atoms with Crippen molar-refractivity contribution in [2.75, 3.05) is 32.0 Å². The Labute approximate surface area is 213 Å². The van der Waals surface area contributed by atoms with Crippen LogP contribution in [0, 0.1) is 11.6 Å². The van der Waals surface area contributed by atoms with E-state index in [4.69, 9.17) is 10.5 Å². The second-order valence-electron chi connectivity index (χ2n) is 9.14. The van der Waals surface area contributed by atoms with Gasteiger partial charge in [-0.25, -0.2) is 9.37 Å². The Morgan fingerprint density at radius 3 is 2.65 bits per heavy atom. The molecule has 2 N–H and O–H groups in total. The molecule has 12 heteroatoms. The summed E-state index contributed by atoms with van der Waals surface area (Å²) in [5.41, 5.74) is 7.84. The van der Waals surface area contributed by atoms with Crippen molar-refractivity contribution in [3.8, 4) is 34.0 Å². The summed E-state index contributed by atoms with van der Waals surface area (Å²) >= 11 is 0. The summed E-state index contributed by atoms with van der Waals surface area (Å²) in [5, 5.41) is 15.7. The van der Waals surface area contributed by atoms with Gasteiger partial charge in [0.25, 0.3) is 0 Å². The van der Waals surface area contributed by atoms with Crippen molar-refractivity contribution in [2.45, 2.75) is 32.1 Å². The Hall–Kier alpha value is -3.93. The number of halogens is 2. The van der Waals surface area contributed by atoms with Crippen LogP contribution in [-0.2, 0) is 7.05 Å². The molecule has 0 saturated carbocycles. The quantitative estimate of drug-likeness (QED) is 0.341. The molecule has 194 valence electrons. The SMILES string of the molecule is Cn1cc(-c2cnc(N)c(-c3nnnn3-c3ccc(OCCCCN4CCCCC4)c(F)c3F)c2)cn1. The monoisotopic (exact) mass is 509 g/mol. The van der Waals surface area contributed by atoms with Crippen LogP contribution in [0.1, 0.15) is 32.1 Å². The highest BCUT2D eigenvalue weighted by Gasteiger charge is 2.22. The van der Waals surface area contributed by atoms with Crippen LogP contribution in [0.15, 0.2) is 36.8 Å². The van der Waals surface area contributed by atoms with Crippen LogP contribution in [-0.4, -0.2) is 66.1 Å². The third-order valence-electron chi connectivity index (χ3n) is 6.50. The molecule has 0 unspecified atom stereocenters. The Bertz CT molecular complexity index is 1360. The highest BCUT2D eigenvalue weighted by atomic mass is 19.2. The van der Waals surface area contributed by atoms with Gasteiger partial charge in [0, 0.05) is 30.6 Å². The number of rotatable bonds is 9. The highest BCUT2D eigenvalue weighted by Crippen LogP contribution is 2.31. The van der Waals surface area contributed by atoms with Crippen LogP contribution >= 0.6 is 0 Å². The van der Waals surface area contributed by atoms with E-state index >= 15 is 4.39 Å². The van der Waals surface area contributed by atoms with E-state index in [-0.39, 0.29) is 23.1 Å². The van der Waals surface area contributed by atoms with E-state index < -0.39 is 11.6 Å². The molecule has 4 heterocycles. The summed E-state index contributed by atoms with van der Waals surface area (Å²) in [6.45, 7) is 3.58. The molecule has 1 aliphatic rings. The van der Waals surface area contributed by atoms with Gasteiger partial charge >= 0.3 is 0 Å². The van der Waals surface area contributed by atoms with E-state index in [0.717, 1.165) is 48.3 Å². The second kappa shape index (κ2) is 11.0. The van der Waals surface area contributed by atoms with E-state index in [0.29, 0.717) is 12.2 Å². The van der Waals surface area contributed by atoms with Crippen LogP contribution in [0.5, 0.6) is 5.75 Å². The fourth-order valence-corrected chi connectivity index (χ4v) is 4.50. The smallest absolute Gasteiger partial charge is 0.202 e. The lowest BCUT2D eigenvalue weighted by molar-refractivity contribution is 0.214. The van der Waals surface area contributed by atoms with Gasteiger partial charge in [-0.1, -0.05) is 6.42 Å². The maximum atomic E-state index is 15.2. The first kappa shape index (κ1) is 24.8. The molecule has 0 aliphatic carbocycles. The minimum Gasteiger partial charge on any atom is -0.490 e. The average molecular weight is 510 g/mol. The van der Waals surface area contributed by atoms with Crippen LogP contribution in [0.2, 0.25) is 0 Å². The number of aromatic nitrogens is 7. The van der Waals surface area contributed by atoms with Gasteiger partial charge in [0.05, 0.1) is 18.4 Å². The molecule has 37 heavy (non-hydrogen) atoms.